The van der Waals surface area contributed by atoms with Gasteiger partial charge in [0.05, 0.1) is 10.6 Å². The predicted octanol–water partition coefficient (Wildman–Crippen LogP) is 2.79. The molecule has 2 aromatic carbocycles. The summed E-state index contributed by atoms with van der Waals surface area (Å²) in [4.78, 5) is 9.76. The first-order valence-electron chi connectivity index (χ1n) is 8.22. The van der Waals surface area contributed by atoms with E-state index < -0.39 is 46.9 Å². The number of carbonyl (C=O) groups is 1. The molecule has 0 spiro atoms. The minimum atomic E-state index is -5.90. The highest BCUT2D eigenvalue weighted by Gasteiger charge is 2.48. The number of anilines is 1. The molecule has 0 aliphatic carbocycles. The highest BCUT2D eigenvalue weighted by atomic mass is 32.2. The van der Waals surface area contributed by atoms with Gasteiger partial charge in [-0.05, 0) is 30.3 Å². The first-order valence-corrected chi connectivity index (χ1v) is 12.2. The van der Waals surface area contributed by atoms with E-state index in [1.807, 2.05) is 0 Å². The fraction of sp³-hybridized carbons (Fsp3) is 0.235. The summed E-state index contributed by atoms with van der Waals surface area (Å²) >= 11 is 1.31. The van der Waals surface area contributed by atoms with Gasteiger partial charge in [0, 0.05) is 23.1 Å². The van der Waals surface area contributed by atoms with E-state index in [1.165, 1.54) is 11.8 Å². The third-order valence-electron chi connectivity index (χ3n) is 3.81. The summed E-state index contributed by atoms with van der Waals surface area (Å²) in [6.07, 6.45) is 0.419. The van der Waals surface area contributed by atoms with Crippen LogP contribution in [0.1, 0.15) is 6.42 Å². The molecule has 0 aliphatic rings. The number of nitrogens with two attached hydrogens (primary N) is 1. The zero-order valence-corrected chi connectivity index (χ0v) is 17.6. The number of aldehydes is 1. The molecule has 0 radical (unpaired) electrons. The molecule has 0 fully saturated rings. The number of nitrogens with one attached hydrogen (secondary N) is 1. The van der Waals surface area contributed by atoms with E-state index in [9.17, 15) is 34.8 Å². The maximum absolute atomic E-state index is 13.1. The van der Waals surface area contributed by atoms with Crippen LogP contribution in [0.15, 0.2) is 63.2 Å². The molecule has 0 saturated heterocycles. The molecule has 0 heterocycles. The molecule has 2 aromatic rings. The van der Waals surface area contributed by atoms with Crippen molar-refractivity contribution in [3.63, 3.8) is 0 Å². The topological polar surface area (TPSA) is 123 Å². The van der Waals surface area contributed by atoms with Crippen LogP contribution in [-0.2, 0) is 24.7 Å². The molecule has 1 atom stereocenters. The van der Waals surface area contributed by atoms with Gasteiger partial charge in [-0.2, -0.15) is 13.2 Å². The van der Waals surface area contributed by atoms with Crippen molar-refractivity contribution < 1.29 is 34.8 Å². The lowest BCUT2D eigenvalue weighted by Gasteiger charge is -2.21. The SMILES string of the molecule is NS(=O)(=O)c1ccc(NC(CC=O)CSc2ccccc2)c(S(=O)(=O)C(F)(F)F)c1. The first-order chi connectivity index (χ1) is 13.9. The van der Waals surface area contributed by atoms with E-state index in [0.29, 0.717) is 12.4 Å². The Labute approximate surface area is 175 Å². The predicted molar refractivity (Wildman–Crippen MR) is 106 cm³/mol. The fourth-order valence-electron chi connectivity index (χ4n) is 2.36. The van der Waals surface area contributed by atoms with Gasteiger partial charge in [-0.3, -0.25) is 0 Å². The average Bonchev–Trinajstić information content (AvgIpc) is 2.65. The summed E-state index contributed by atoms with van der Waals surface area (Å²) in [7, 11) is -10.3. The number of benzene rings is 2. The number of hydrogen-bond acceptors (Lipinski definition) is 7. The second kappa shape index (κ2) is 9.37. The zero-order chi connectivity index (χ0) is 22.6. The number of halogens is 3. The Kier molecular flexibility index (Phi) is 7.55. The Morgan fingerprint density at radius 2 is 1.70 bits per heavy atom. The van der Waals surface area contributed by atoms with Crippen LogP contribution in [0.4, 0.5) is 18.9 Å². The smallest absolute Gasteiger partial charge is 0.380 e. The lowest BCUT2D eigenvalue weighted by atomic mass is 10.2. The molecular formula is C17H17F3N2O5S3. The van der Waals surface area contributed by atoms with Gasteiger partial charge in [0.15, 0.2) is 0 Å². The van der Waals surface area contributed by atoms with Crippen LogP contribution in [0, 0.1) is 0 Å². The van der Waals surface area contributed by atoms with Crippen molar-refractivity contribution in [3.8, 4) is 0 Å². The molecular weight excluding hydrogens is 465 g/mol. The van der Waals surface area contributed by atoms with Crippen molar-refractivity contribution in [2.45, 2.75) is 32.7 Å². The fourth-order valence-corrected chi connectivity index (χ4v) is 4.89. The summed E-state index contributed by atoms with van der Waals surface area (Å²) in [6, 6.07) is 10.3. The Balaban J connectivity index is 2.43. The Bertz CT molecular complexity index is 1110. The molecule has 0 aliphatic heterocycles. The summed E-state index contributed by atoms with van der Waals surface area (Å²) in [6.45, 7) is 0. The number of rotatable bonds is 9. The summed E-state index contributed by atoms with van der Waals surface area (Å²) in [5.41, 5.74) is -6.15. The zero-order valence-electron chi connectivity index (χ0n) is 15.2. The molecule has 1 unspecified atom stereocenters. The van der Waals surface area contributed by atoms with Gasteiger partial charge in [-0.1, -0.05) is 18.2 Å². The van der Waals surface area contributed by atoms with Gasteiger partial charge in [-0.15, -0.1) is 11.8 Å². The van der Waals surface area contributed by atoms with Crippen LogP contribution in [0.5, 0.6) is 0 Å². The van der Waals surface area contributed by atoms with Gasteiger partial charge in [0.2, 0.25) is 10.0 Å². The normalized spacial score (nSPS) is 13.6. The number of alkyl halides is 3. The third kappa shape index (κ3) is 5.97. The van der Waals surface area contributed by atoms with E-state index >= 15 is 0 Å². The Hall–Kier alpha value is -2.09. The van der Waals surface area contributed by atoms with Crippen LogP contribution in [0.3, 0.4) is 0 Å². The highest BCUT2D eigenvalue weighted by molar-refractivity contribution is 7.99. The quantitative estimate of drug-likeness (QED) is 0.416. The van der Waals surface area contributed by atoms with Gasteiger partial charge in [0.1, 0.15) is 11.2 Å². The van der Waals surface area contributed by atoms with E-state index in [1.54, 1.807) is 30.3 Å². The lowest BCUT2D eigenvalue weighted by molar-refractivity contribution is -0.107. The van der Waals surface area contributed by atoms with Gasteiger partial charge >= 0.3 is 5.51 Å². The van der Waals surface area contributed by atoms with E-state index in [0.717, 1.165) is 17.0 Å². The van der Waals surface area contributed by atoms with Crippen LogP contribution in [-0.4, -0.2) is 40.4 Å². The van der Waals surface area contributed by atoms with Crippen LogP contribution in [0.25, 0.3) is 0 Å². The number of primary sulfonamides is 1. The van der Waals surface area contributed by atoms with Crippen molar-refractivity contribution in [1.82, 2.24) is 0 Å². The van der Waals surface area contributed by atoms with Crippen molar-refractivity contribution in [2.75, 3.05) is 11.1 Å². The number of sulfone groups is 1. The minimum absolute atomic E-state index is 0.123. The molecule has 3 N–H and O–H groups in total. The second-order valence-corrected chi connectivity index (χ2v) is 10.6. The largest absolute Gasteiger partial charge is 0.501 e. The Morgan fingerprint density at radius 1 is 1.07 bits per heavy atom. The Morgan fingerprint density at radius 3 is 2.23 bits per heavy atom. The summed E-state index contributed by atoms with van der Waals surface area (Å²) in [5.74, 6) is 0.227. The number of carbonyl (C=O) groups excluding carboxylic acids is 1. The van der Waals surface area contributed by atoms with Crippen molar-refractivity contribution in [3.05, 3.63) is 48.5 Å². The minimum Gasteiger partial charge on any atom is -0.380 e. The lowest BCUT2D eigenvalue weighted by Crippen LogP contribution is -2.28. The molecule has 13 heteroatoms. The summed E-state index contributed by atoms with van der Waals surface area (Å²) in [5, 5.41) is 7.52. The van der Waals surface area contributed by atoms with Crippen molar-refractivity contribution in [1.29, 1.82) is 0 Å². The second-order valence-electron chi connectivity index (χ2n) is 6.02. The maximum Gasteiger partial charge on any atom is 0.501 e. The van der Waals surface area contributed by atoms with Gasteiger partial charge in [-0.25, -0.2) is 22.0 Å². The number of sulfonamides is 1. The third-order valence-corrected chi connectivity index (χ3v) is 7.42. The first kappa shape index (κ1) is 24.2. The molecule has 2 rings (SSSR count). The number of hydrogen-bond donors (Lipinski definition) is 2. The monoisotopic (exact) mass is 482 g/mol. The van der Waals surface area contributed by atoms with Gasteiger partial charge < -0.3 is 10.1 Å². The van der Waals surface area contributed by atoms with Gasteiger partial charge in [0.25, 0.3) is 9.84 Å². The molecule has 164 valence electrons. The molecule has 7 nitrogen and oxygen atoms in total. The van der Waals surface area contributed by atoms with Crippen LogP contribution < -0.4 is 10.5 Å². The van der Waals surface area contributed by atoms with Crippen LogP contribution in [0.2, 0.25) is 0 Å². The molecule has 30 heavy (non-hydrogen) atoms. The standard InChI is InChI=1S/C17H17F3N2O5S3/c18-17(19,20)29(24,25)16-10-14(30(21,26)27)6-7-15(16)22-12(8-9-23)11-28-13-4-2-1-3-5-13/h1-7,9-10,12,22H,8,11H2,(H2,21,26,27). The molecule has 0 bridgehead atoms. The van der Waals surface area contributed by atoms with Crippen LogP contribution >= 0.6 is 11.8 Å². The van der Waals surface area contributed by atoms with E-state index in [2.05, 4.69) is 5.32 Å². The van der Waals surface area contributed by atoms with E-state index in [4.69, 9.17) is 5.14 Å². The average molecular weight is 483 g/mol. The molecule has 0 saturated carbocycles. The summed E-state index contributed by atoms with van der Waals surface area (Å²) < 4.78 is 86.3. The maximum atomic E-state index is 13.1. The molecule has 0 aromatic heterocycles. The van der Waals surface area contributed by atoms with Crippen molar-refractivity contribution in [2.24, 2.45) is 5.14 Å². The molecule has 0 amide bonds. The van der Waals surface area contributed by atoms with E-state index in [-0.39, 0.29) is 12.2 Å². The highest BCUT2D eigenvalue weighted by Crippen LogP contribution is 2.36. The van der Waals surface area contributed by atoms with Crippen molar-refractivity contribution >= 4 is 43.6 Å². The number of thioether (sulfide) groups is 1.